The highest BCUT2D eigenvalue weighted by molar-refractivity contribution is 7.99. The second-order valence-corrected chi connectivity index (χ2v) is 6.53. The van der Waals surface area contributed by atoms with Crippen LogP contribution in [0.5, 0.6) is 0 Å². The van der Waals surface area contributed by atoms with Gasteiger partial charge in [-0.3, -0.25) is 9.59 Å². The van der Waals surface area contributed by atoms with Crippen LogP contribution in [0.15, 0.2) is 11.1 Å². The molecule has 0 saturated heterocycles. The number of ketones is 1. The third-order valence-corrected chi connectivity index (χ3v) is 4.08. The first-order chi connectivity index (χ1) is 9.32. The van der Waals surface area contributed by atoms with Gasteiger partial charge >= 0.3 is 5.97 Å². The number of aromatic nitrogens is 1. The van der Waals surface area contributed by atoms with Crippen molar-refractivity contribution in [2.45, 2.75) is 31.7 Å². The molecule has 0 bridgehead atoms. The predicted molar refractivity (Wildman–Crippen MR) is 73.7 cm³/mol. The van der Waals surface area contributed by atoms with Gasteiger partial charge in [0.25, 0.3) is 0 Å². The van der Waals surface area contributed by atoms with E-state index >= 15 is 0 Å². The van der Waals surface area contributed by atoms with Gasteiger partial charge in [-0.05, 0) is 17.9 Å². The zero-order valence-corrected chi connectivity index (χ0v) is 12.1. The van der Waals surface area contributed by atoms with E-state index in [1.165, 1.54) is 0 Å². The van der Waals surface area contributed by atoms with Crippen LogP contribution in [-0.2, 0) is 11.2 Å². The number of hydrogen-bond donors (Lipinski definition) is 1. The highest BCUT2D eigenvalue weighted by Gasteiger charge is 2.32. The Hall–Kier alpha value is -1.87. The predicted octanol–water partition coefficient (Wildman–Crippen LogP) is 2.29. The van der Waals surface area contributed by atoms with E-state index < -0.39 is 5.97 Å². The molecule has 0 aromatic carbocycles. The first kappa shape index (κ1) is 14.5. The topological polar surface area (TPSA) is 91.0 Å². The molecule has 0 aliphatic heterocycles. The lowest BCUT2D eigenvalue weighted by Gasteiger charge is -2.29. The molecule has 2 rings (SSSR count). The Labute approximate surface area is 121 Å². The average Bonchev–Trinajstić information content (AvgIpc) is 2.34. The van der Waals surface area contributed by atoms with Crippen molar-refractivity contribution in [2.75, 3.05) is 5.75 Å². The van der Waals surface area contributed by atoms with Crippen molar-refractivity contribution in [3.8, 4) is 6.07 Å². The van der Waals surface area contributed by atoms with Gasteiger partial charge in [0.2, 0.25) is 0 Å². The minimum atomic E-state index is -0.963. The van der Waals surface area contributed by atoms with Crippen molar-refractivity contribution in [3.05, 3.63) is 22.9 Å². The van der Waals surface area contributed by atoms with Crippen molar-refractivity contribution < 1.29 is 14.7 Å². The summed E-state index contributed by atoms with van der Waals surface area (Å²) in [5.74, 6) is -1.12. The summed E-state index contributed by atoms with van der Waals surface area (Å²) in [6.07, 6.45) is 1.09. The maximum Gasteiger partial charge on any atom is 0.313 e. The molecule has 1 heterocycles. The minimum absolute atomic E-state index is 0.00460. The molecule has 5 nitrogen and oxygen atoms in total. The summed E-state index contributed by atoms with van der Waals surface area (Å²) in [5.41, 5.74) is 1.28. The van der Waals surface area contributed by atoms with E-state index in [1.54, 1.807) is 6.07 Å². The van der Waals surface area contributed by atoms with Crippen LogP contribution in [0.2, 0.25) is 0 Å². The summed E-state index contributed by atoms with van der Waals surface area (Å²) in [6, 6.07) is 3.53. The second kappa shape index (κ2) is 5.25. The number of nitriles is 1. The molecule has 0 fully saturated rings. The van der Waals surface area contributed by atoms with Gasteiger partial charge < -0.3 is 5.11 Å². The van der Waals surface area contributed by atoms with Crippen LogP contribution in [0.4, 0.5) is 0 Å². The lowest BCUT2D eigenvalue weighted by atomic mass is 9.75. The molecule has 0 radical (unpaired) electrons. The monoisotopic (exact) mass is 290 g/mol. The molecule has 20 heavy (non-hydrogen) atoms. The summed E-state index contributed by atoms with van der Waals surface area (Å²) in [5, 5.41) is 18.2. The van der Waals surface area contributed by atoms with Crippen LogP contribution in [0.1, 0.15) is 41.9 Å². The Bertz CT molecular complexity index is 632. The number of carboxylic acids is 1. The number of carbonyl (C=O) groups excluding carboxylic acids is 1. The number of nitrogens with zero attached hydrogens (tertiary/aromatic N) is 2. The van der Waals surface area contributed by atoms with E-state index in [4.69, 9.17) is 10.4 Å². The standard InChI is InChI=1S/C14H14N2O3S/c1-14(2)4-10-9(11(17)5-14)3-8(6-15)13(16-10)20-7-12(18)19/h3H,4-5,7H2,1-2H3,(H,18,19). The second-order valence-electron chi connectivity index (χ2n) is 5.57. The molecule has 1 aliphatic carbocycles. The minimum Gasteiger partial charge on any atom is -0.481 e. The molecule has 0 atom stereocenters. The van der Waals surface area contributed by atoms with Crippen molar-refractivity contribution in [1.29, 1.82) is 5.26 Å². The Morgan fingerprint density at radius 2 is 2.25 bits per heavy atom. The van der Waals surface area contributed by atoms with E-state index in [2.05, 4.69) is 4.98 Å². The molecule has 1 aromatic rings. The Morgan fingerprint density at radius 3 is 2.85 bits per heavy atom. The number of aliphatic carboxylic acids is 1. The SMILES string of the molecule is CC1(C)CC(=O)c2cc(C#N)c(SCC(=O)O)nc2C1. The maximum absolute atomic E-state index is 12.1. The van der Waals surface area contributed by atoms with Crippen LogP contribution >= 0.6 is 11.8 Å². The Balaban J connectivity index is 2.44. The quantitative estimate of drug-likeness (QED) is 0.859. The van der Waals surface area contributed by atoms with Crippen LogP contribution in [0.25, 0.3) is 0 Å². The third kappa shape index (κ3) is 2.99. The number of hydrogen-bond acceptors (Lipinski definition) is 5. The largest absolute Gasteiger partial charge is 0.481 e. The van der Waals surface area contributed by atoms with Gasteiger partial charge in [-0.1, -0.05) is 25.6 Å². The number of Topliss-reactive ketones (excluding diaryl/α,β-unsaturated/α-hetero) is 1. The molecule has 0 amide bonds. The van der Waals surface area contributed by atoms with Crippen LogP contribution in [0.3, 0.4) is 0 Å². The van der Waals surface area contributed by atoms with Crippen LogP contribution in [-0.4, -0.2) is 27.6 Å². The Morgan fingerprint density at radius 1 is 1.55 bits per heavy atom. The first-order valence-electron chi connectivity index (χ1n) is 6.14. The number of thioether (sulfide) groups is 1. The van der Waals surface area contributed by atoms with Gasteiger partial charge in [0, 0.05) is 12.0 Å². The van der Waals surface area contributed by atoms with E-state index in [1.807, 2.05) is 19.9 Å². The van der Waals surface area contributed by atoms with Crippen molar-refractivity contribution in [2.24, 2.45) is 5.41 Å². The van der Waals surface area contributed by atoms with Gasteiger partial charge in [-0.25, -0.2) is 4.98 Å². The molecule has 1 N–H and O–H groups in total. The molecule has 1 aromatic heterocycles. The van der Waals surface area contributed by atoms with Crippen molar-refractivity contribution >= 4 is 23.5 Å². The molecule has 0 saturated carbocycles. The lowest BCUT2D eigenvalue weighted by molar-refractivity contribution is -0.133. The van der Waals surface area contributed by atoms with Gasteiger partial charge in [-0.2, -0.15) is 5.26 Å². The van der Waals surface area contributed by atoms with Crippen molar-refractivity contribution in [3.63, 3.8) is 0 Å². The summed E-state index contributed by atoms with van der Waals surface area (Å²) in [6.45, 7) is 4.00. The normalized spacial score (nSPS) is 16.4. The molecule has 0 spiro atoms. The van der Waals surface area contributed by atoms with Crippen molar-refractivity contribution in [1.82, 2.24) is 4.98 Å². The number of pyridine rings is 1. The van der Waals surface area contributed by atoms with E-state index in [0.717, 1.165) is 11.8 Å². The molecule has 6 heteroatoms. The number of fused-ring (bicyclic) bond motifs is 1. The summed E-state index contributed by atoms with van der Waals surface area (Å²) < 4.78 is 0. The fourth-order valence-corrected chi connectivity index (χ4v) is 2.97. The molecular formula is C14H14N2O3S. The smallest absolute Gasteiger partial charge is 0.313 e. The number of carbonyl (C=O) groups is 2. The van der Waals surface area contributed by atoms with Crippen LogP contribution < -0.4 is 0 Å². The molecule has 1 aliphatic rings. The fraction of sp³-hybridized carbons (Fsp3) is 0.429. The lowest BCUT2D eigenvalue weighted by Crippen LogP contribution is -2.28. The molecule has 0 unspecified atom stereocenters. The summed E-state index contributed by atoms with van der Waals surface area (Å²) >= 11 is 1.01. The zero-order valence-electron chi connectivity index (χ0n) is 11.3. The number of carboxylic acid groups (broad SMARTS) is 1. The van der Waals surface area contributed by atoms with Gasteiger partial charge in [0.1, 0.15) is 11.1 Å². The molecule has 104 valence electrons. The zero-order chi connectivity index (χ0) is 14.9. The van der Waals surface area contributed by atoms with E-state index in [-0.39, 0.29) is 22.5 Å². The Kier molecular flexibility index (Phi) is 3.82. The summed E-state index contributed by atoms with van der Waals surface area (Å²) in [4.78, 5) is 27.1. The first-order valence-corrected chi connectivity index (χ1v) is 7.13. The molecular weight excluding hydrogens is 276 g/mol. The maximum atomic E-state index is 12.1. The van der Waals surface area contributed by atoms with Gasteiger partial charge in [-0.15, -0.1) is 0 Å². The third-order valence-electron chi connectivity index (χ3n) is 3.10. The average molecular weight is 290 g/mol. The van der Waals surface area contributed by atoms with E-state index in [0.29, 0.717) is 29.1 Å². The van der Waals surface area contributed by atoms with Crippen LogP contribution in [0, 0.1) is 16.7 Å². The summed E-state index contributed by atoms with van der Waals surface area (Å²) in [7, 11) is 0. The van der Waals surface area contributed by atoms with E-state index in [9.17, 15) is 9.59 Å². The number of rotatable bonds is 3. The van der Waals surface area contributed by atoms with Gasteiger partial charge in [0.15, 0.2) is 5.78 Å². The highest BCUT2D eigenvalue weighted by atomic mass is 32.2. The fourth-order valence-electron chi connectivity index (χ4n) is 2.27. The highest BCUT2D eigenvalue weighted by Crippen LogP contribution is 2.35. The van der Waals surface area contributed by atoms with Gasteiger partial charge in [0.05, 0.1) is 17.0 Å².